The highest BCUT2D eigenvalue weighted by atomic mass is 19.2. The van der Waals surface area contributed by atoms with Crippen LogP contribution in [0, 0.1) is 23.3 Å². The molecule has 0 aliphatic rings. The number of ether oxygens (including phenoxy) is 2. The van der Waals surface area contributed by atoms with E-state index in [1.54, 1.807) is 0 Å². The summed E-state index contributed by atoms with van der Waals surface area (Å²) in [6, 6.07) is 4.09. The van der Waals surface area contributed by atoms with Gasteiger partial charge in [0.05, 0.1) is 14.2 Å². The number of halogens is 4. The third-order valence-corrected chi connectivity index (χ3v) is 2.78. The maximum atomic E-state index is 13.8. The molecule has 0 saturated heterocycles. The van der Waals surface area contributed by atoms with Gasteiger partial charge in [-0.15, -0.1) is 0 Å². The van der Waals surface area contributed by atoms with Crippen LogP contribution in [0.5, 0.6) is 11.5 Å². The van der Waals surface area contributed by atoms with Gasteiger partial charge in [0.15, 0.2) is 29.0 Å². The second kappa shape index (κ2) is 5.40. The molecule has 2 rings (SSSR count). The number of hydrogen-bond acceptors (Lipinski definition) is 2. The van der Waals surface area contributed by atoms with E-state index in [9.17, 15) is 17.6 Å². The van der Waals surface area contributed by atoms with Crippen molar-refractivity contribution < 1.29 is 27.0 Å². The number of methoxy groups -OCH3 is 2. The molecule has 0 bridgehead atoms. The molecule has 6 heteroatoms. The summed E-state index contributed by atoms with van der Waals surface area (Å²) in [6.45, 7) is 0. The molecule has 2 aromatic carbocycles. The first-order chi connectivity index (χ1) is 9.49. The fraction of sp³-hybridized carbons (Fsp3) is 0.143. The van der Waals surface area contributed by atoms with Crippen LogP contribution >= 0.6 is 0 Å². The van der Waals surface area contributed by atoms with Crippen LogP contribution in [0.25, 0.3) is 11.1 Å². The Kier molecular flexibility index (Phi) is 3.83. The molecule has 0 heterocycles. The Hall–Kier alpha value is -2.24. The van der Waals surface area contributed by atoms with Gasteiger partial charge in [-0.05, 0) is 29.8 Å². The first-order valence-corrected chi connectivity index (χ1v) is 5.55. The normalized spacial score (nSPS) is 10.5. The van der Waals surface area contributed by atoms with E-state index in [0.717, 1.165) is 19.2 Å². The third kappa shape index (κ3) is 2.29. The smallest absolute Gasteiger partial charge is 0.201 e. The average Bonchev–Trinajstić information content (AvgIpc) is 2.41. The predicted octanol–water partition coefficient (Wildman–Crippen LogP) is 3.93. The Morgan fingerprint density at radius 3 is 1.90 bits per heavy atom. The lowest BCUT2D eigenvalue weighted by Crippen LogP contribution is -1.97. The molecule has 106 valence electrons. The molecule has 2 nitrogen and oxygen atoms in total. The fourth-order valence-electron chi connectivity index (χ4n) is 1.82. The van der Waals surface area contributed by atoms with Crippen molar-refractivity contribution in [3.05, 3.63) is 47.5 Å². The summed E-state index contributed by atoms with van der Waals surface area (Å²) in [5.74, 6) is -5.34. The van der Waals surface area contributed by atoms with Crippen molar-refractivity contribution in [1.29, 1.82) is 0 Å². The minimum Gasteiger partial charge on any atom is -0.494 e. The Bertz CT molecular complexity index is 633. The van der Waals surface area contributed by atoms with Crippen LogP contribution in [0.1, 0.15) is 0 Å². The van der Waals surface area contributed by atoms with Crippen LogP contribution in [-0.2, 0) is 0 Å². The lowest BCUT2D eigenvalue weighted by molar-refractivity contribution is 0.360. The van der Waals surface area contributed by atoms with E-state index >= 15 is 0 Å². The molecular weight excluding hydrogens is 276 g/mol. The van der Waals surface area contributed by atoms with Crippen LogP contribution in [0.2, 0.25) is 0 Å². The van der Waals surface area contributed by atoms with Crippen molar-refractivity contribution >= 4 is 0 Å². The second-order valence-corrected chi connectivity index (χ2v) is 3.92. The summed E-state index contributed by atoms with van der Waals surface area (Å²) in [4.78, 5) is 0. The van der Waals surface area contributed by atoms with Crippen LogP contribution in [0.3, 0.4) is 0 Å². The molecule has 20 heavy (non-hydrogen) atoms. The van der Waals surface area contributed by atoms with Gasteiger partial charge in [-0.3, -0.25) is 0 Å². The maximum absolute atomic E-state index is 13.8. The van der Waals surface area contributed by atoms with E-state index < -0.39 is 29.0 Å². The van der Waals surface area contributed by atoms with Gasteiger partial charge >= 0.3 is 0 Å². The standard InChI is InChI=1S/C14H10F4O2/c1-19-11-4-3-8(12(17)13(11)18)7-5-9(15)14(20-2)10(16)6-7/h3-6H,1-2H3. The van der Waals surface area contributed by atoms with Gasteiger partial charge in [0.2, 0.25) is 5.82 Å². The minimum atomic E-state index is -1.24. The molecule has 0 saturated carbocycles. The first kappa shape index (κ1) is 14.2. The van der Waals surface area contributed by atoms with E-state index in [1.165, 1.54) is 19.2 Å². The quantitative estimate of drug-likeness (QED) is 0.796. The molecule has 0 unspecified atom stereocenters. The van der Waals surface area contributed by atoms with Crippen LogP contribution in [0.4, 0.5) is 17.6 Å². The molecule has 0 aliphatic heterocycles. The average molecular weight is 286 g/mol. The van der Waals surface area contributed by atoms with E-state index in [2.05, 4.69) is 9.47 Å². The van der Waals surface area contributed by atoms with Crippen molar-refractivity contribution in [3.63, 3.8) is 0 Å². The molecule has 0 atom stereocenters. The van der Waals surface area contributed by atoms with Gasteiger partial charge in [-0.25, -0.2) is 13.2 Å². The Morgan fingerprint density at radius 2 is 1.40 bits per heavy atom. The van der Waals surface area contributed by atoms with E-state index in [1.807, 2.05) is 0 Å². The molecule has 0 amide bonds. The molecule has 0 radical (unpaired) electrons. The summed E-state index contributed by atoms with van der Waals surface area (Å²) < 4.78 is 63.7. The summed E-state index contributed by atoms with van der Waals surface area (Å²) >= 11 is 0. The largest absolute Gasteiger partial charge is 0.494 e. The Morgan fingerprint density at radius 1 is 0.800 bits per heavy atom. The molecule has 2 aromatic rings. The highest BCUT2D eigenvalue weighted by molar-refractivity contribution is 5.66. The molecular formula is C14H10F4O2. The highest BCUT2D eigenvalue weighted by Crippen LogP contribution is 2.33. The molecule has 0 aliphatic carbocycles. The number of hydrogen-bond donors (Lipinski definition) is 0. The van der Waals surface area contributed by atoms with Crippen LogP contribution in [-0.4, -0.2) is 14.2 Å². The summed E-state index contributed by atoms with van der Waals surface area (Å²) in [5.41, 5.74) is -0.413. The van der Waals surface area contributed by atoms with Crippen LogP contribution < -0.4 is 9.47 Å². The van der Waals surface area contributed by atoms with Gasteiger partial charge in [-0.2, -0.15) is 4.39 Å². The van der Waals surface area contributed by atoms with Gasteiger partial charge in [0.1, 0.15) is 0 Å². The van der Waals surface area contributed by atoms with Gasteiger partial charge in [-0.1, -0.05) is 0 Å². The zero-order valence-corrected chi connectivity index (χ0v) is 10.6. The zero-order chi connectivity index (χ0) is 14.9. The Balaban J connectivity index is 2.61. The zero-order valence-electron chi connectivity index (χ0n) is 10.6. The van der Waals surface area contributed by atoms with E-state index in [-0.39, 0.29) is 16.9 Å². The topological polar surface area (TPSA) is 18.5 Å². The predicted molar refractivity (Wildman–Crippen MR) is 64.8 cm³/mol. The fourth-order valence-corrected chi connectivity index (χ4v) is 1.82. The van der Waals surface area contributed by atoms with E-state index in [4.69, 9.17) is 0 Å². The van der Waals surface area contributed by atoms with Gasteiger partial charge < -0.3 is 9.47 Å². The summed E-state index contributed by atoms with van der Waals surface area (Å²) in [6.07, 6.45) is 0. The number of benzene rings is 2. The monoisotopic (exact) mass is 286 g/mol. The van der Waals surface area contributed by atoms with Gasteiger partial charge in [0, 0.05) is 5.56 Å². The third-order valence-electron chi connectivity index (χ3n) is 2.78. The molecule has 0 spiro atoms. The van der Waals surface area contributed by atoms with E-state index in [0.29, 0.717) is 0 Å². The highest BCUT2D eigenvalue weighted by Gasteiger charge is 2.18. The van der Waals surface area contributed by atoms with Crippen molar-refractivity contribution in [2.75, 3.05) is 14.2 Å². The van der Waals surface area contributed by atoms with Crippen LogP contribution in [0.15, 0.2) is 24.3 Å². The van der Waals surface area contributed by atoms with Crippen molar-refractivity contribution in [3.8, 4) is 22.6 Å². The van der Waals surface area contributed by atoms with Crippen molar-refractivity contribution in [2.24, 2.45) is 0 Å². The Labute approximate surface area is 112 Å². The SMILES string of the molecule is COc1ccc(-c2cc(F)c(OC)c(F)c2)c(F)c1F. The summed E-state index contributed by atoms with van der Waals surface area (Å²) in [5, 5.41) is 0. The summed E-state index contributed by atoms with van der Waals surface area (Å²) in [7, 11) is 2.29. The minimum absolute atomic E-state index is 0.139. The lowest BCUT2D eigenvalue weighted by Gasteiger charge is -2.10. The molecule has 0 aromatic heterocycles. The van der Waals surface area contributed by atoms with Gasteiger partial charge in [0.25, 0.3) is 0 Å². The second-order valence-electron chi connectivity index (χ2n) is 3.92. The van der Waals surface area contributed by atoms with Crippen molar-refractivity contribution in [2.45, 2.75) is 0 Å². The first-order valence-electron chi connectivity index (χ1n) is 5.55. The number of rotatable bonds is 3. The molecule has 0 fully saturated rings. The van der Waals surface area contributed by atoms with Crippen molar-refractivity contribution in [1.82, 2.24) is 0 Å². The maximum Gasteiger partial charge on any atom is 0.201 e. The lowest BCUT2D eigenvalue weighted by atomic mass is 10.0. The molecule has 0 N–H and O–H groups in total.